The van der Waals surface area contributed by atoms with E-state index < -0.39 is 37.2 Å². The molecule has 2 aliphatic rings. The molecule has 4 heterocycles. The minimum Gasteiger partial charge on any atom is -0.468 e. The molecular weight excluding hydrogens is 743 g/mol. The molecule has 0 bridgehead atoms. The van der Waals surface area contributed by atoms with E-state index in [2.05, 4.69) is 30.1 Å². The number of hydrogen-bond acceptors (Lipinski definition) is 10. The predicted molar refractivity (Wildman–Crippen MR) is 204 cm³/mol. The number of ether oxygens (including phenoxy) is 2. The second kappa shape index (κ2) is 15.2. The first-order valence-electron chi connectivity index (χ1n) is 16.2. The molecule has 0 saturated heterocycles. The fourth-order valence-corrected chi connectivity index (χ4v) is 12.4. The summed E-state index contributed by atoms with van der Waals surface area (Å²) in [6.07, 6.45) is 6.96. The molecular formula is C34H36N8O6P2S2. The third-order valence-corrected chi connectivity index (χ3v) is 15.1. The maximum Gasteiger partial charge on any atom is 0.323 e. The van der Waals surface area contributed by atoms with Crippen LogP contribution in [-0.2, 0) is 68.6 Å². The van der Waals surface area contributed by atoms with Crippen LogP contribution in [0.25, 0.3) is 0 Å². The average Bonchev–Trinajstić information content (AvgIpc) is 3.88. The van der Waals surface area contributed by atoms with Crippen molar-refractivity contribution in [3.63, 3.8) is 0 Å². The molecule has 2 aromatic heterocycles. The van der Waals surface area contributed by atoms with Gasteiger partial charge in [-0.05, 0) is 60.0 Å². The number of para-hydroxylation sites is 2. The van der Waals surface area contributed by atoms with Crippen LogP contribution >= 0.6 is 13.1 Å². The van der Waals surface area contributed by atoms with Gasteiger partial charge in [0.15, 0.2) is 0 Å². The number of H-pyrrole nitrogens is 2. The molecule has 0 spiro atoms. The van der Waals surface area contributed by atoms with Gasteiger partial charge in [-0.3, -0.25) is 18.9 Å². The third-order valence-electron chi connectivity index (χ3n) is 8.68. The van der Waals surface area contributed by atoms with Gasteiger partial charge >= 0.3 is 11.9 Å². The molecule has 0 fully saturated rings. The zero-order valence-corrected chi connectivity index (χ0v) is 31.6. The Morgan fingerprint density at radius 2 is 1.13 bits per heavy atom. The Bertz CT molecular complexity index is 1990. The van der Waals surface area contributed by atoms with E-state index in [1.807, 2.05) is 82.1 Å². The lowest BCUT2D eigenvalue weighted by Crippen LogP contribution is -2.44. The summed E-state index contributed by atoms with van der Waals surface area (Å²) in [7, 11) is 2.69. The number of methoxy groups -OCH3 is 2. The van der Waals surface area contributed by atoms with E-state index in [1.165, 1.54) is 14.2 Å². The summed E-state index contributed by atoms with van der Waals surface area (Å²) in [5.74, 6) is 0.362. The van der Waals surface area contributed by atoms with E-state index in [9.17, 15) is 9.59 Å². The number of carbonyl (C=O) groups excluding carboxylic acids is 2. The van der Waals surface area contributed by atoms with Gasteiger partial charge in [0.2, 0.25) is 0 Å². The summed E-state index contributed by atoms with van der Waals surface area (Å²) in [6, 6.07) is 21.6. The van der Waals surface area contributed by atoms with Gasteiger partial charge in [-0.2, -0.15) is 0 Å². The first-order chi connectivity index (χ1) is 25.2. The number of nitrogens with one attached hydrogen (secondary N) is 4. The third kappa shape index (κ3) is 7.49. The number of benzene rings is 3. The van der Waals surface area contributed by atoms with Crippen molar-refractivity contribution in [2.24, 2.45) is 0 Å². The Balaban J connectivity index is 1.22. The number of imidazole rings is 2. The maximum atomic E-state index is 13.1. The highest BCUT2D eigenvalue weighted by atomic mass is 32.5. The number of anilines is 2. The number of aromatic nitrogens is 4. The maximum absolute atomic E-state index is 13.1. The summed E-state index contributed by atoms with van der Waals surface area (Å²) in [5.41, 5.74) is 4.92. The fourth-order valence-electron chi connectivity index (χ4n) is 6.07. The van der Waals surface area contributed by atoms with Crippen molar-refractivity contribution in [3.05, 3.63) is 120 Å². The molecule has 14 nitrogen and oxygen atoms in total. The quantitative estimate of drug-likeness (QED) is 0.0976. The van der Waals surface area contributed by atoms with E-state index >= 15 is 0 Å². The van der Waals surface area contributed by atoms with Crippen LogP contribution in [0, 0.1) is 0 Å². The number of nitrogens with zero attached hydrogens (tertiary/aromatic N) is 4. The van der Waals surface area contributed by atoms with Gasteiger partial charge in [-0.1, -0.05) is 36.4 Å². The number of esters is 2. The second-order valence-electron chi connectivity index (χ2n) is 12.0. The molecule has 0 aliphatic carbocycles. The molecule has 52 heavy (non-hydrogen) atoms. The van der Waals surface area contributed by atoms with Crippen LogP contribution in [0.4, 0.5) is 11.4 Å². The van der Waals surface area contributed by atoms with Crippen molar-refractivity contribution in [1.29, 1.82) is 0 Å². The highest BCUT2D eigenvalue weighted by molar-refractivity contribution is 8.12. The molecule has 18 heteroatoms. The van der Waals surface area contributed by atoms with Crippen molar-refractivity contribution in [2.45, 2.75) is 38.0 Å². The van der Waals surface area contributed by atoms with E-state index in [0.29, 0.717) is 24.6 Å². The Hall–Kier alpha value is -4.56. The number of rotatable bonds is 12. The minimum atomic E-state index is -3.14. The summed E-state index contributed by atoms with van der Waals surface area (Å²) in [5, 5.41) is 6.75. The van der Waals surface area contributed by atoms with Crippen molar-refractivity contribution < 1.29 is 28.1 Å². The lowest BCUT2D eigenvalue weighted by Gasteiger charge is -2.43. The number of aromatic amines is 2. The highest BCUT2D eigenvalue weighted by Crippen LogP contribution is 2.58. The van der Waals surface area contributed by atoms with E-state index in [4.69, 9.17) is 42.1 Å². The van der Waals surface area contributed by atoms with Gasteiger partial charge in [-0.25, -0.2) is 20.1 Å². The van der Waals surface area contributed by atoms with Gasteiger partial charge in [0.05, 0.1) is 40.0 Å². The van der Waals surface area contributed by atoms with E-state index in [-0.39, 0.29) is 12.8 Å². The normalized spacial score (nSPS) is 20.4. The number of fused-ring (bicyclic) bond motifs is 2. The molecule has 270 valence electrons. The van der Waals surface area contributed by atoms with Crippen LogP contribution < -0.4 is 28.6 Å². The Morgan fingerprint density at radius 3 is 1.50 bits per heavy atom. The average molecular weight is 779 g/mol. The summed E-state index contributed by atoms with van der Waals surface area (Å²) >= 11 is 12.6. The Kier molecular flexibility index (Phi) is 10.5. The van der Waals surface area contributed by atoms with Crippen LogP contribution in [0.2, 0.25) is 0 Å². The van der Waals surface area contributed by atoms with Crippen molar-refractivity contribution in [3.8, 4) is 11.5 Å². The zero-order chi connectivity index (χ0) is 36.3. The molecule has 5 aromatic rings. The van der Waals surface area contributed by atoms with Crippen LogP contribution in [0.1, 0.15) is 22.5 Å². The van der Waals surface area contributed by atoms with Crippen molar-refractivity contribution in [2.75, 3.05) is 23.6 Å². The summed E-state index contributed by atoms with van der Waals surface area (Å²) in [6.45, 7) is -5.41. The van der Waals surface area contributed by atoms with Gasteiger partial charge < -0.3 is 28.5 Å². The van der Waals surface area contributed by atoms with E-state index in [0.717, 1.165) is 33.9 Å². The fraction of sp³-hybridized carbons (Fsp3) is 0.235. The SMILES string of the molecule is COC(=O)C(Cc1cnc[nH]1)NP1(=S)Oc2ccccc2CN1c1ccc(N2Cc3ccccc3OP2(=S)NC(Cc2cnc[nH]2)C(=O)OC)cc1. The molecule has 2 aliphatic heterocycles. The van der Waals surface area contributed by atoms with Crippen LogP contribution in [0.15, 0.2) is 97.8 Å². The second-order valence-corrected chi connectivity index (χ2v) is 18.9. The first kappa shape index (κ1) is 35.8. The van der Waals surface area contributed by atoms with Crippen LogP contribution in [-0.4, -0.2) is 58.2 Å². The van der Waals surface area contributed by atoms with E-state index in [1.54, 1.807) is 25.0 Å². The molecule has 0 radical (unpaired) electrons. The molecule has 0 saturated carbocycles. The molecule has 0 amide bonds. The monoisotopic (exact) mass is 778 g/mol. The van der Waals surface area contributed by atoms with Crippen molar-refractivity contribution >= 4 is 60.1 Å². The molecule has 7 rings (SSSR count). The summed E-state index contributed by atoms with van der Waals surface area (Å²) in [4.78, 5) is 40.4. The molecule has 4 unspecified atom stereocenters. The van der Waals surface area contributed by atoms with Crippen LogP contribution in [0.3, 0.4) is 0 Å². The minimum absolute atomic E-state index is 0.268. The standard InChI is InChI=1S/C34H36N8O6P2S2/c1-45-33(43)29(15-25-17-35-21-37-25)39-49(51)41(19-23-7-3-5-9-31(23)47-49)27-11-13-28(14-12-27)42-20-24-8-4-6-10-32(24)48-50(42,52)40-30(34(44)46-2)16-26-18-36-22-38-26/h3-14,17-18,21-22,29-30H,15-16,19-20H2,1-2H3,(H,35,37)(H,36,38)(H,39,51)(H,40,52). The Morgan fingerprint density at radius 1 is 0.731 bits per heavy atom. The highest BCUT2D eigenvalue weighted by Gasteiger charge is 2.41. The van der Waals surface area contributed by atoms with Gasteiger partial charge in [0.1, 0.15) is 23.6 Å². The van der Waals surface area contributed by atoms with Crippen molar-refractivity contribution in [1.82, 2.24) is 30.1 Å². The predicted octanol–water partition coefficient (Wildman–Crippen LogP) is 5.13. The smallest absolute Gasteiger partial charge is 0.323 e. The number of carbonyl (C=O) groups is 2. The zero-order valence-electron chi connectivity index (χ0n) is 28.2. The van der Waals surface area contributed by atoms with Crippen LogP contribution in [0.5, 0.6) is 11.5 Å². The lowest BCUT2D eigenvalue weighted by atomic mass is 10.2. The molecule has 4 N–H and O–H groups in total. The molecule has 3 aromatic carbocycles. The molecule has 4 atom stereocenters. The topological polar surface area (TPSA) is 159 Å². The lowest BCUT2D eigenvalue weighted by molar-refractivity contribution is -0.143. The largest absolute Gasteiger partial charge is 0.468 e. The van der Waals surface area contributed by atoms with Gasteiger partial charge in [0, 0.05) is 59.1 Å². The summed E-state index contributed by atoms with van der Waals surface area (Å²) < 4.78 is 27.5. The van der Waals surface area contributed by atoms with Gasteiger partial charge in [0.25, 0.3) is 13.1 Å². The first-order valence-corrected chi connectivity index (χ1v) is 21.6. The van der Waals surface area contributed by atoms with Gasteiger partial charge in [-0.15, -0.1) is 0 Å². The number of hydrogen-bond donors (Lipinski definition) is 4. The Labute approximate surface area is 310 Å².